The number of benzene rings is 2. The zero-order valence-electron chi connectivity index (χ0n) is 13.3. The van der Waals surface area contributed by atoms with Crippen molar-refractivity contribution < 1.29 is 13.3 Å². The van der Waals surface area contributed by atoms with E-state index in [-0.39, 0.29) is 10.6 Å². The number of sulfonamides is 1. The van der Waals surface area contributed by atoms with Gasteiger partial charge in [-0.3, -0.25) is 10.1 Å². The van der Waals surface area contributed by atoms with Crippen LogP contribution in [0.2, 0.25) is 0 Å². The van der Waals surface area contributed by atoms with Gasteiger partial charge in [-0.2, -0.15) is 4.31 Å². The van der Waals surface area contributed by atoms with Crippen molar-refractivity contribution in [1.29, 1.82) is 0 Å². The topological polar surface area (TPSA) is 92.5 Å². The standard InChI is InChI=1S/C16H17N3O4S2/c20-19(21)13-6-7-15(24-14-4-2-1-3-5-14)16(12-13)25(22,23)18-10-8-17-9-11-18/h1-7,12,17H,8-11H2. The first-order chi connectivity index (χ1) is 12.0. The molecule has 25 heavy (non-hydrogen) atoms. The van der Waals surface area contributed by atoms with Crippen molar-refractivity contribution in [1.82, 2.24) is 9.62 Å². The summed E-state index contributed by atoms with van der Waals surface area (Å²) in [4.78, 5) is 11.9. The van der Waals surface area contributed by atoms with Crippen molar-refractivity contribution in [2.45, 2.75) is 14.7 Å². The summed E-state index contributed by atoms with van der Waals surface area (Å²) in [6.45, 7) is 1.82. The number of rotatable bonds is 5. The molecule has 9 heteroatoms. The van der Waals surface area contributed by atoms with Crippen LogP contribution in [0.4, 0.5) is 5.69 Å². The number of nitro benzene ring substituents is 1. The van der Waals surface area contributed by atoms with E-state index in [0.717, 1.165) is 11.0 Å². The third-order valence-corrected chi connectivity index (χ3v) is 6.95. The SMILES string of the molecule is O=[N+]([O-])c1ccc(Sc2ccccc2)c(S(=O)(=O)N2CCNCC2)c1. The lowest BCUT2D eigenvalue weighted by atomic mass is 10.3. The quantitative estimate of drug-likeness (QED) is 0.633. The Morgan fingerprint density at radius 2 is 1.76 bits per heavy atom. The molecule has 0 spiro atoms. The van der Waals surface area contributed by atoms with Gasteiger partial charge in [0.05, 0.1) is 4.92 Å². The zero-order valence-corrected chi connectivity index (χ0v) is 14.9. The Morgan fingerprint density at radius 3 is 2.40 bits per heavy atom. The van der Waals surface area contributed by atoms with Gasteiger partial charge in [-0.15, -0.1) is 0 Å². The Labute approximate surface area is 150 Å². The summed E-state index contributed by atoms with van der Waals surface area (Å²) >= 11 is 1.28. The molecule has 1 heterocycles. The summed E-state index contributed by atoms with van der Waals surface area (Å²) in [5.74, 6) is 0. The van der Waals surface area contributed by atoms with E-state index in [4.69, 9.17) is 0 Å². The average molecular weight is 379 g/mol. The van der Waals surface area contributed by atoms with Crippen molar-refractivity contribution in [3.8, 4) is 0 Å². The minimum Gasteiger partial charge on any atom is -0.314 e. The molecule has 1 N–H and O–H groups in total. The monoisotopic (exact) mass is 379 g/mol. The molecule has 132 valence electrons. The minimum atomic E-state index is -3.80. The van der Waals surface area contributed by atoms with Gasteiger partial charge in [-0.25, -0.2) is 8.42 Å². The second-order valence-corrected chi connectivity index (χ2v) is 8.48. The molecule has 3 rings (SSSR count). The van der Waals surface area contributed by atoms with E-state index in [0.29, 0.717) is 31.1 Å². The van der Waals surface area contributed by atoms with Crippen LogP contribution in [-0.4, -0.2) is 43.8 Å². The van der Waals surface area contributed by atoms with Crippen LogP contribution < -0.4 is 5.32 Å². The predicted molar refractivity (Wildman–Crippen MR) is 95.3 cm³/mol. The molecule has 2 aromatic carbocycles. The van der Waals surface area contributed by atoms with Gasteiger partial charge < -0.3 is 5.32 Å². The number of non-ortho nitro benzene ring substituents is 1. The molecule has 1 fully saturated rings. The Morgan fingerprint density at radius 1 is 1.08 bits per heavy atom. The third-order valence-electron chi connectivity index (χ3n) is 3.80. The van der Waals surface area contributed by atoms with Gasteiger partial charge in [-0.1, -0.05) is 30.0 Å². The van der Waals surface area contributed by atoms with E-state index < -0.39 is 14.9 Å². The molecule has 1 aliphatic heterocycles. The molecule has 0 bridgehead atoms. The Hall–Kier alpha value is -1.94. The molecule has 0 amide bonds. The summed E-state index contributed by atoms with van der Waals surface area (Å²) in [5.41, 5.74) is -0.230. The molecule has 1 aliphatic rings. The van der Waals surface area contributed by atoms with Crippen molar-refractivity contribution in [2.24, 2.45) is 0 Å². The zero-order chi connectivity index (χ0) is 17.9. The van der Waals surface area contributed by atoms with Crippen molar-refractivity contribution in [3.05, 3.63) is 58.6 Å². The van der Waals surface area contributed by atoms with Gasteiger partial charge in [-0.05, 0) is 18.2 Å². The maximum Gasteiger partial charge on any atom is 0.270 e. The summed E-state index contributed by atoms with van der Waals surface area (Å²) < 4.78 is 27.4. The summed E-state index contributed by atoms with van der Waals surface area (Å²) in [6, 6.07) is 13.3. The number of hydrogen-bond acceptors (Lipinski definition) is 6. The number of piperazine rings is 1. The van der Waals surface area contributed by atoms with Crippen LogP contribution in [0, 0.1) is 10.1 Å². The van der Waals surface area contributed by atoms with E-state index in [9.17, 15) is 18.5 Å². The second-order valence-electron chi connectivity index (χ2n) is 5.46. The highest BCUT2D eigenvalue weighted by Gasteiger charge is 2.30. The number of nitrogens with zero attached hydrogens (tertiary/aromatic N) is 2. The number of nitrogens with one attached hydrogen (secondary N) is 1. The van der Waals surface area contributed by atoms with Gasteiger partial charge in [0.1, 0.15) is 4.90 Å². The van der Waals surface area contributed by atoms with E-state index >= 15 is 0 Å². The Balaban J connectivity index is 2.04. The van der Waals surface area contributed by atoms with E-state index in [1.165, 1.54) is 28.2 Å². The van der Waals surface area contributed by atoms with Crippen LogP contribution in [0.1, 0.15) is 0 Å². The van der Waals surface area contributed by atoms with Crippen molar-refractivity contribution in [2.75, 3.05) is 26.2 Å². The lowest BCUT2D eigenvalue weighted by Crippen LogP contribution is -2.46. The molecule has 2 aromatic rings. The molecule has 0 atom stereocenters. The molecule has 0 aromatic heterocycles. The maximum absolute atomic E-state index is 13.0. The molecular weight excluding hydrogens is 362 g/mol. The van der Waals surface area contributed by atoms with Gasteiger partial charge in [0.2, 0.25) is 10.0 Å². The van der Waals surface area contributed by atoms with Crippen LogP contribution in [0.15, 0.2) is 63.2 Å². The lowest BCUT2D eigenvalue weighted by Gasteiger charge is -2.27. The number of hydrogen-bond donors (Lipinski definition) is 1. The first-order valence-corrected chi connectivity index (χ1v) is 9.96. The highest BCUT2D eigenvalue weighted by molar-refractivity contribution is 8.00. The fourth-order valence-corrected chi connectivity index (χ4v) is 5.35. The first-order valence-electron chi connectivity index (χ1n) is 7.71. The average Bonchev–Trinajstić information content (AvgIpc) is 2.63. The van der Waals surface area contributed by atoms with Crippen LogP contribution in [0.3, 0.4) is 0 Å². The second kappa shape index (κ2) is 7.52. The minimum absolute atomic E-state index is 0.0162. The van der Waals surface area contributed by atoms with E-state index in [1.807, 2.05) is 30.3 Å². The summed E-state index contributed by atoms with van der Waals surface area (Å²) in [6.07, 6.45) is 0. The molecule has 7 nitrogen and oxygen atoms in total. The smallest absolute Gasteiger partial charge is 0.270 e. The molecular formula is C16H17N3O4S2. The highest BCUT2D eigenvalue weighted by Crippen LogP contribution is 2.36. The fraction of sp³-hybridized carbons (Fsp3) is 0.250. The van der Waals surface area contributed by atoms with Crippen LogP contribution in [-0.2, 0) is 10.0 Å². The molecule has 0 radical (unpaired) electrons. The fourth-order valence-electron chi connectivity index (χ4n) is 2.54. The summed E-state index contributed by atoms with van der Waals surface area (Å²) in [5, 5.41) is 14.2. The lowest BCUT2D eigenvalue weighted by molar-refractivity contribution is -0.385. The molecule has 0 unspecified atom stereocenters. The van der Waals surface area contributed by atoms with E-state index in [1.54, 1.807) is 0 Å². The largest absolute Gasteiger partial charge is 0.314 e. The Bertz CT molecular complexity index is 866. The van der Waals surface area contributed by atoms with Crippen LogP contribution in [0.25, 0.3) is 0 Å². The highest BCUT2D eigenvalue weighted by atomic mass is 32.2. The normalized spacial score (nSPS) is 15.8. The maximum atomic E-state index is 13.0. The van der Waals surface area contributed by atoms with E-state index in [2.05, 4.69) is 5.32 Å². The Kier molecular flexibility index (Phi) is 5.38. The molecule has 1 saturated heterocycles. The summed E-state index contributed by atoms with van der Waals surface area (Å²) in [7, 11) is -3.80. The predicted octanol–water partition coefficient (Wildman–Crippen LogP) is 2.34. The molecule has 0 saturated carbocycles. The van der Waals surface area contributed by atoms with Gasteiger partial charge >= 0.3 is 0 Å². The van der Waals surface area contributed by atoms with Crippen molar-refractivity contribution >= 4 is 27.5 Å². The van der Waals surface area contributed by atoms with Crippen LogP contribution >= 0.6 is 11.8 Å². The van der Waals surface area contributed by atoms with Crippen LogP contribution in [0.5, 0.6) is 0 Å². The first kappa shape index (κ1) is 17.9. The van der Waals surface area contributed by atoms with Gasteiger partial charge in [0.15, 0.2) is 0 Å². The molecule has 0 aliphatic carbocycles. The van der Waals surface area contributed by atoms with Gasteiger partial charge in [0.25, 0.3) is 5.69 Å². The van der Waals surface area contributed by atoms with Gasteiger partial charge in [0, 0.05) is 48.1 Å². The van der Waals surface area contributed by atoms with Crippen molar-refractivity contribution in [3.63, 3.8) is 0 Å². The third kappa shape index (κ3) is 4.01. The number of nitro groups is 1.